The maximum Gasteiger partial charge on any atom is 0.408 e. The molecule has 0 saturated carbocycles. The summed E-state index contributed by atoms with van der Waals surface area (Å²) < 4.78 is 5.06. The van der Waals surface area contributed by atoms with E-state index in [0.717, 1.165) is 0 Å². The highest BCUT2D eigenvalue weighted by atomic mass is 16.6. The maximum atomic E-state index is 12.0. The van der Waals surface area contributed by atoms with E-state index >= 15 is 0 Å². The van der Waals surface area contributed by atoms with E-state index in [2.05, 4.69) is 5.32 Å². The number of alkyl carbamates (subject to hydrolysis) is 1. The molecule has 1 unspecified atom stereocenters. The molecule has 0 saturated heterocycles. The number of hydrogen-bond donors (Lipinski definition) is 2. The molecule has 0 aliphatic heterocycles. The van der Waals surface area contributed by atoms with Crippen LogP contribution in [0.2, 0.25) is 0 Å². The number of ether oxygens (including phenoxy) is 1. The summed E-state index contributed by atoms with van der Waals surface area (Å²) in [6.07, 6.45) is -0.725. The minimum Gasteiger partial charge on any atom is -0.481 e. The van der Waals surface area contributed by atoms with Crippen LogP contribution in [0.5, 0.6) is 0 Å². The zero-order valence-electron chi connectivity index (χ0n) is 12.3. The smallest absolute Gasteiger partial charge is 0.408 e. The summed E-state index contributed by atoms with van der Waals surface area (Å²) in [5.41, 5.74) is -0.674. The summed E-state index contributed by atoms with van der Waals surface area (Å²) >= 11 is 0. The normalized spacial score (nSPS) is 14.7. The number of carboxylic acids is 1. The molecule has 0 aromatic heterocycles. The third-order valence-electron chi connectivity index (χ3n) is 2.44. The van der Waals surface area contributed by atoms with Gasteiger partial charge in [0.15, 0.2) is 5.78 Å². The van der Waals surface area contributed by atoms with E-state index in [9.17, 15) is 14.4 Å². The van der Waals surface area contributed by atoms with E-state index in [1.54, 1.807) is 34.6 Å². The Balaban J connectivity index is 4.81. The fourth-order valence-corrected chi connectivity index (χ4v) is 1.39. The molecule has 0 spiro atoms. The molecule has 1 amide bonds. The van der Waals surface area contributed by atoms with Crippen molar-refractivity contribution in [3.63, 3.8) is 0 Å². The van der Waals surface area contributed by atoms with Gasteiger partial charge in [-0.05, 0) is 33.6 Å². The predicted molar refractivity (Wildman–Crippen MR) is 69.8 cm³/mol. The summed E-state index contributed by atoms with van der Waals surface area (Å²) in [6.45, 7) is 9.88. The van der Waals surface area contributed by atoms with Crippen LogP contribution in [0.25, 0.3) is 0 Å². The Labute approximate surface area is 113 Å². The van der Waals surface area contributed by atoms with E-state index < -0.39 is 35.4 Å². The molecule has 6 nitrogen and oxygen atoms in total. The molecule has 0 fully saturated rings. The largest absolute Gasteiger partial charge is 0.481 e. The van der Waals surface area contributed by atoms with Gasteiger partial charge in [0.1, 0.15) is 11.5 Å². The Morgan fingerprint density at radius 3 is 1.89 bits per heavy atom. The van der Waals surface area contributed by atoms with Crippen molar-refractivity contribution in [1.29, 1.82) is 0 Å². The van der Waals surface area contributed by atoms with Gasteiger partial charge in [0, 0.05) is 0 Å². The Morgan fingerprint density at radius 2 is 1.58 bits per heavy atom. The van der Waals surface area contributed by atoms with E-state index in [-0.39, 0.29) is 5.92 Å². The average Bonchev–Trinajstić information content (AvgIpc) is 2.20. The van der Waals surface area contributed by atoms with Gasteiger partial charge in [-0.3, -0.25) is 9.59 Å². The van der Waals surface area contributed by atoms with E-state index in [1.807, 2.05) is 0 Å². The molecule has 0 rings (SSSR count). The van der Waals surface area contributed by atoms with Crippen LogP contribution in [-0.2, 0) is 14.3 Å². The average molecular weight is 273 g/mol. The molecular weight excluding hydrogens is 250 g/mol. The van der Waals surface area contributed by atoms with Gasteiger partial charge in [-0.2, -0.15) is 0 Å². The van der Waals surface area contributed by atoms with Crippen molar-refractivity contribution >= 4 is 17.8 Å². The van der Waals surface area contributed by atoms with Gasteiger partial charge in [0.2, 0.25) is 0 Å². The Kier molecular flexibility index (Phi) is 5.99. The highest BCUT2D eigenvalue weighted by Crippen LogP contribution is 2.12. The summed E-state index contributed by atoms with van der Waals surface area (Å²) in [5.74, 6) is -3.13. The lowest BCUT2D eigenvalue weighted by Gasteiger charge is -2.25. The van der Waals surface area contributed by atoms with E-state index in [0.29, 0.717) is 0 Å². The Bertz CT molecular complexity index is 357. The van der Waals surface area contributed by atoms with Crippen LogP contribution in [0.15, 0.2) is 0 Å². The first-order chi connectivity index (χ1) is 8.45. The van der Waals surface area contributed by atoms with Crippen molar-refractivity contribution in [2.45, 2.75) is 53.2 Å². The SMILES string of the molecule is CC(C(=O)O)C(=O)[C@@H](NC(=O)OC(C)(C)C)C(C)C. The monoisotopic (exact) mass is 273 g/mol. The molecule has 0 heterocycles. The van der Waals surface area contributed by atoms with Gasteiger partial charge in [-0.1, -0.05) is 13.8 Å². The van der Waals surface area contributed by atoms with Crippen molar-refractivity contribution < 1.29 is 24.2 Å². The van der Waals surface area contributed by atoms with Crippen LogP contribution in [0.3, 0.4) is 0 Å². The lowest BCUT2D eigenvalue weighted by molar-refractivity contribution is -0.146. The maximum absolute atomic E-state index is 12.0. The van der Waals surface area contributed by atoms with Crippen molar-refractivity contribution in [3.8, 4) is 0 Å². The lowest BCUT2D eigenvalue weighted by atomic mass is 9.92. The van der Waals surface area contributed by atoms with Crippen molar-refractivity contribution in [1.82, 2.24) is 5.32 Å². The second-order valence-corrected chi connectivity index (χ2v) is 5.83. The molecule has 0 aliphatic rings. The zero-order valence-corrected chi connectivity index (χ0v) is 12.3. The minimum atomic E-state index is -1.21. The van der Waals surface area contributed by atoms with Crippen LogP contribution in [0.4, 0.5) is 4.79 Å². The highest BCUT2D eigenvalue weighted by molar-refractivity contribution is 6.01. The number of rotatable bonds is 5. The van der Waals surface area contributed by atoms with Gasteiger partial charge in [-0.25, -0.2) is 4.79 Å². The molecule has 110 valence electrons. The minimum absolute atomic E-state index is 0.221. The molecule has 0 radical (unpaired) electrons. The summed E-state index contributed by atoms with van der Waals surface area (Å²) in [4.78, 5) is 34.4. The second kappa shape index (κ2) is 6.54. The quantitative estimate of drug-likeness (QED) is 0.745. The molecule has 0 aliphatic carbocycles. The topological polar surface area (TPSA) is 92.7 Å². The van der Waals surface area contributed by atoms with E-state index in [1.165, 1.54) is 6.92 Å². The number of carbonyl (C=O) groups excluding carboxylic acids is 2. The van der Waals surface area contributed by atoms with Gasteiger partial charge >= 0.3 is 12.1 Å². The first-order valence-electron chi connectivity index (χ1n) is 6.21. The predicted octanol–water partition coefficient (Wildman–Crippen LogP) is 1.83. The summed E-state index contributed by atoms with van der Waals surface area (Å²) in [6, 6.07) is -0.874. The van der Waals surface area contributed by atoms with Gasteiger partial charge < -0.3 is 15.2 Å². The van der Waals surface area contributed by atoms with Crippen LogP contribution in [-0.4, -0.2) is 34.6 Å². The number of hydrogen-bond acceptors (Lipinski definition) is 4. The fraction of sp³-hybridized carbons (Fsp3) is 0.769. The molecule has 0 bridgehead atoms. The number of amides is 1. The highest BCUT2D eigenvalue weighted by Gasteiger charge is 2.32. The van der Waals surface area contributed by atoms with Crippen LogP contribution in [0.1, 0.15) is 41.5 Å². The van der Waals surface area contributed by atoms with E-state index in [4.69, 9.17) is 9.84 Å². The summed E-state index contributed by atoms with van der Waals surface area (Å²) in [7, 11) is 0. The number of ketones is 1. The fourth-order valence-electron chi connectivity index (χ4n) is 1.39. The molecular formula is C13H23NO5. The molecule has 19 heavy (non-hydrogen) atoms. The second-order valence-electron chi connectivity index (χ2n) is 5.83. The number of aliphatic carboxylic acids is 1. The third kappa shape index (κ3) is 6.22. The molecule has 2 N–H and O–H groups in total. The standard InChI is InChI=1S/C13H23NO5/c1-7(2)9(10(15)8(3)11(16)17)14-12(18)19-13(4,5)6/h7-9H,1-6H3,(H,14,18)(H,16,17)/t8?,9-/m0/s1. The lowest BCUT2D eigenvalue weighted by Crippen LogP contribution is -2.49. The molecule has 0 aromatic carbocycles. The van der Waals surface area contributed by atoms with Crippen molar-refractivity contribution in [3.05, 3.63) is 0 Å². The van der Waals surface area contributed by atoms with Gasteiger partial charge in [0.25, 0.3) is 0 Å². The zero-order chi connectivity index (χ0) is 15.4. The number of carbonyl (C=O) groups is 3. The number of Topliss-reactive ketones (excluding diaryl/α,β-unsaturated/α-hetero) is 1. The number of nitrogens with one attached hydrogen (secondary N) is 1. The third-order valence-corrected chi connectivity index (χ3v) is 2.44. The summed E-state index contributed by atoms with van der Waals surface area (Å²) in [5, 5.41) is 11.3. The first-order valence-corrected chi connectivity index (χ1v) is 6.21. The van der Waals surface area contributed by atoms with Crippen molar-refractivity contribution in [2.24, 2.45) is 11.8 Å². The Hall–Kier alpha value is -1.59. The van der Waals surface area contributed by atoms with Gasteiger partial charge in [-0.15, -0.1) is 0 Å². The van der Waals surface area contributed by atoms with Crippen LogP contribution < -0.4 is 5.32 Å². The molecule has 2 atom stereocenters. The number of carboxylic acid groups (broad SMARTS) is 1. The first kappa shape index (κ1) is 17.4. The van der Waals surface area contributed by atoms with Gasteiger partial charge in [0.05, 0.1) is 6.04 Å². The van der Waals surface area contributed by atoms with Crippen LogP contribution >= 0.6 is 0 Å². The Morgan fingerprint density at radius 1 is 1.11 bits per heavy atom. The van der Waals surface area contributed by atoms with Crippen molar-refractivity contribution in [2.75, 3.05) is 0 Å². The molecule has 0 aromatic rings. The molecule has 6 heteroatoms. The van der Waals surface area contributed by atoms with Crippen LogP contribution in [0, 0.1) is 11.8 Å².